The molecule has 0 atom stereocenters. The molecule has 3 rings (SSSR count). The Balaban J connectivity index is 1.65. The van der Waals surface area contributed by atoms with Crippen molar-refractivity contribution in [1.82, 2.24) is 0 Å². The second-order valence-corrected chi connectivity index (χ2v) is 6.43. The van der Waals surface area contributed by atoms with Crippen LogP contribution in [-0.4, -0.2) is 6.04 Å². The summed E-state index contributed by atoms with van der Waals surface area (Å²) in [5, 5.41) is 3.81. The first kappa shape index (κ1) is 13.9. The topological polar surface area (TPSA) is 12.0 Å². The molecule has 1 aliphatic rings. The predicted octanol–water partition coefficient (Wildman–Crippen LogP) is 5.60. The lowest BCUT2D eigenvalue weighted by Gasteiger charge is -2.37. The molecule has 0 unspecified atom stereocenters. The normalized spacial score (nSPS) is 21.4. The molecule has 0 aromatic heterocycles. The van der Waals surface area contributed by atoms with Crippen LogP contribution in [0, 0.1) is 5.82 Å². The van der Waals surface area contributed by atoms with Gasteiger partial charge in [0.2, 0.25) is 0 Å². The van der Waals surface area contributed by atoms with Crippen LogP contribution in [0.25, 0.3) is 0 Å². The molecule has 4 heteroatoms. The highest BCUT2D eigenvalue weighted by Gasteiger charge is 2.30. The van der Waals surface area contributed by atoms with Crippen molar-refractivity contribution in [2.45, 2.75) is 24.8 Å². The highest BCUT2D eigenvalue weighted by atomic mass is 79.9. The summed E-state index contributed by atoms with van der Waals surface area (Å²) in [6, 6.07) is 13.7. The summed E-state index contributed by atoms with van der Waals surface area (Å²) < 4.78 is 13.9. The van der Waals surface area contributed by atoms with Gasteiger partial charge in [0, 0.05) is 10.5 Å². The van der Waals surface area contributed by atoms with Gasteiger partial charge in [-0.15, -0.1) is 0 Å². The highest BCUT2D eigenvalue weighted by molar-refractivity contribution is 9.10. The van der Waals surface area contributed by atoms with E-state index in [1.807, 2.05) is 6.07 Å². The smallest absolute Gasteiger partial charge is 0.125 e. The fraction of sp³-hybridized carbons (Fsp3) is 0.250. The fourth-order valence-electron chi connectivity index (χ4n) is 2.62. The lowest BCUT2D eigenvalue weighted by Crippen LogP contribution is -2.34. The second kappa shape index (κ2) is 5.74. The van der Waals surface area contributed by atoms with Gasteiger partial charge >= 0.3 is 0 Å². The second-order valence-electron chi connectivity index (χ2n) is 5.16. The van der Waals surface area contributed by atoms with Gasteiger partial charge in [-0.25, -0.2) is 4.39 Å². The summed E-state index contributed by atoms with van der Waals surface area (Å²) in [4.78, 5) is 0. The Hall–Kier alpha value is -1.06. The molecule has 0 amide bonds. The Labute approximate surface area is 131 Å². The maximum absolute atomic E-state index is 13.2. The van der Waals surface area contributed by atoms with Crippen LogP contribution in [0.15, 0.2) is 46.9 Å². The van der Waals surface area contributed by atoms with Crippen LogP contribution in [0.4, 0.5) is 10.1 Å². The van der Waals surface area contributed by atoms with Crippen molar-refractivity contribution in [2.75, 3.05) is 5.32 Å². The van der Waals surface area contributed by atoms with Crippen LogP contribution in [0.2, 0.25) is 5.02 Å². The molecule has 1 fully saturated rings. The van der Waals surface area contributed by atoms with Crippen molar-refractivity contribution in [3.63, 3.8) is 0 Å². The molecule has 0 saturated heterocycles. The van der Waals surface area contributed by atoms with Crippen molar-refractivity contribution in [2.24, 2.45) is 0 Å². The van der Waals surface area contributed by atoms with E-state index >= 15 is 0 Å². The average molecular weight is 355 g/mol. The molecule has 2 aromatic carbocycles. The van der Waals surface area contributed by atoms with Gasteiger partial charge in [-0.1, -0.05) is 41.9 Å². The lowest BCUT2D eigenvalue weighted by molar-refractivity contribution is 0.374. The molecule has 0 spiro atoms. The molecular formula is C16H14BrClFN. The Bertz CT molecular complexity index is 588. The van der Waals surface area contributed by atoms with Gasteiger partial charge in [0.1, 0.15) is 5.82 Å². The molecule has 104 valence electrons. The van der Waals surface area contributed by atoms with Crippen LogP contribution in [0.1, 0.15) is 24.3 Å². The molecule has 20 heavy (non-hydrogen) atoms. The first-order chi connectivity index (χ1) is 9.63. The summed E-state index contributed by atoms with van der Waals surface area (Å²) >= 11 is 9.43. The number of rotatable bonds is 3. The number of hydrogen-bond donors (Lipinski definition) is 1. The van der Waals surface area contributed by atoms with E-state index in [0.717, 1.165) is 18.5 Å². The SMILES string of the molecule is Fc1cc(Cl)c(NC2CC(c3ccccc3)C2)c(Br)c1. The summed E-state index contributed by atoms with van der Waals surface area (Å²) in [5.41, 5.74) is 2.17. The third-order valence-electron chi connectivity index (χ3n) is 3.76. The van der Waals surface area contributed by atoms with E-state index in [4.69, 9.17) is 11.6 Å². The number of halogens is 3. The van der Waals surface area contributed by atoms with Crippen LogP contribution >= 0.6 is 27.5 Å². The third-order valence-corrected chi connectivity index (χ3v) is 4.69. The minimum atomic E-state index is -0.330. The van der Waals surface area contributed by atoms with E-state index < -0.39 is 0 Å². The maximum Gasteiger partial charge on any atom is 0.125 e. The van der Waals surface area contributed by atoms with Crippen LogP contribution in [0.3, 0.4) is 0 Å². The number of nitrogens with one attached hydrogen (secondary N) is 1. The average Bonchev–Trinajstić information content (AvgIpc) is 2.36. The van der Waals surface area contributed by atoms with Crippen LogP contribution in [0.5, 0.6) is 0 Å². The summed E-state index contributed by atoms with van der Waals surface area (Å²) in [5.74, 6) is 0.273. The van der Waals surface area contributed by atoms with E-state index in [2.05, 4.69) is 45.5 Å². The lowest BCUT2D eigenvalue weighted by atomic mass is 9.76. The summed E-state index contributed by atoms with van der Waals surface area (Å²) in [6.45, 7) is 0. The zero-order valence-corrected chi connectivity index (χ0v) is 13.1. The molecule has 0 aliphatic heterocycles. The Morgan fingerprint density at radius 3 is 2.50 bits per heavy atom. The Morgan fingerprint density at radius 2 is 1.85 bits per heavy atom. The van der Waals surface area contributed by atoms with Crippen LogP contribution < -0.4 is 5.32 Å². The molecule has 2 aromatic rings. The molecular weight excluding hydrogens is 341 g/mol. The van der Waals surface area contributed by atoms with Crippen molar-refractivity contribution < 1.29 is 4.39 Å². The van der Waals surface area contributed by atoms with Crippen molar-refractivity contribution >= 4 is 33.2 Å². The zero-order valence-electron chi connectivity index (χ0n) is 10.7. The molecule has 1 N–H and O–H groups in total. The summed E-state index contributed by atoms with van der Waals surface area (Å²) in [7, 11) is 0. The van der Waals surface area contributed by atoms with Gasteiger partial charge in [0.25, 0.3) is 0 Å². The van der Waals surface area contributed by atoms with E-state index in [1.54, 1.807) is 0 Å². The Morgan fingerprint density at radius 1 is 1.15 bits per heavy atom. The Kier molecular flexibility index (Phi) is 3.99. The minimum absolute atomic E-state index is 0.330. The van der Waals surface area contributed by atoms with Gasteiger partial charge < -0.3 is 5.32 Å². The van der Waals surface area contributed by atoms with Gasteiger partial charge in [0.05, 0.1) is 10.7 Å². The standard InChI is InChI=1S/C16H14BrClFN/c17-14-8-12(19)9-15(18)16(14)20-13-6-11(7-13)10-4-2-1-3-5-10/h1-5,8-9,11,13,20H,6-7H2. The minimum Gasteiger partial charge on any atom is -0.380 e. The van der Waals surface area contributed by atoms with Gasteiger partial charge in [-0.05, 0) is 52.4 Å². The maximum atomic E-state index is 13.2. The number of benzene rings is 2. The predicted molar refractivity (Wildman–Crippen MR) is 84.9 cm³/mol. The zero-order chi connectivity index (χ0) is 14.1. The molecule has 0 bridgehead atoms. The van der Waals surface area contributed by atoms with Crippen molar-refractivity contribution in [3.05, 3.63) is 63.3 Å². The van der Waals surface area contributed by atoms with Crippen LogP contribution in [-0.2, 0) is 0 Å². The van der Waals surface area contributed by atoms with E-state index in [0.29, 0.717) is 21.5 Å². The highest BCUT2D eigenvalue weighted by Crippen LogP contribution is 2.41. The van der Waals surface area contributed by atoms with Gasteiger partial charge in [-0.2, -0.15) is 0 Å². The number of hydrogen-bond acceptors (Lipinski definition) is 1. The quantitative estimate of drug-likeness (QED) is 0.756. The van der Waals surface area contributed by atoms with E-state index in [9.17, 15) is 4.39 Å². The number of anilines is 1. The molecule has 1 nitrogen and oxygen atoms in total. The first-order valence-corrected chi connectivity index (χ1v) is 7.76. The summed E-state index contributed by atoms with van der Waals surface area (Å²) in [6.07, 6.45) is 2.15. The fourth-order valence-corrected chi connectivity index (χ4v) is 3.54. The van der Waals surface area contributed by atoms with E-state index in [-0.39, 0.29) is 5.82 Å². The van der Waals surface area contributed by atoms with Crippen molar-refractivity contribution in [1.29, 1.82) is 0 Å². The van der Waals surface area contributed by atoms with E-state index in [1.165, 1.54) is 17.7 Å². The van der Waals surface area contributed by atoms with Gasteiger partial charge in [0.15, 0.2) is 0 Å². The molecule has 1 saturated carbocycles. The molecule has 1 aliphatic carbocycles. The monoisotopic (exact) mass is 353 g/mol. The van der Waals surface area contributed by atoms with Gasteiger partial charge in [-0.3, -0.25) is 0 Å². The first-order valence-electron chi connectivity index (χ1n) is 6.59. The third kappa shape index (κ3) is 2.84. The molecule has 0 radical (unpaired) electrons. The largest absolute Gasteiger partial charge is 0.380 e. The molecule has 0 heterocycles. The van der Waals surface area contributed by atoms with Crippen molar-refractivity contribution in [3.8, 4) is 0 Å².